The zero-order valence-electron chi connectivity index (χ0n) is 18.0. The van der Waals surface area contributed by atoms with Crippen molar-refractivity contribution >= 4 is 18.3 Å². The molecule has 1 atom stereocenters. The molecule has 6 heteroatoms. The third-order valence-corrected chi connectivity index (χ3v) is 5.26. The highest BCUT2D eigenvalue weighted by Gasteiger charge is 2.39. The van der Waals surface area contributed by atoms with E-state index in [1.807, 2.05) is 0 Å². The molecule has 1 aromatic rings. The molecule has 1 fully saturated rings. The number of methoxy groups -OCH3 is 1. The second kappa shape index (κ2) is 11.6. The standard InChI is InChI=1S/C22H36N2O3.ClH/c1-16(2)12-18(4)27-20-13-17(3)6-7-19(20)14-24-21(25)22(15-26-5)8-10-23-11-9-22;/h6-7,13,16,18,23H,8-12,14-15H2,1-5H3,(H,24,25);1H. The van der Waals surface area contributed by atoms with Gasteiger partial charge in [0.05, 0.1) is 18.1 Å². The van der Waals surface area contributed by atoms with Crippen LogP contribution in [0, 0.1) is 18.3 Å². The minimum atomic E-state index is -0.434. The van der Waals surface area contributed by atoms with Crippen LogP contribution in [-0.4, -0.2) is 38.8 Å². The van der Waals surface area contributed by atoms with Crippen LogP contribution in [0.5, 0.6) is 5.75 Å². The summed E-state index contributed by atoms with van der Waals surface area (Å²) < 4.78 is 11.6. The van der Waals surface area contributed by atoms with Crippen LogP contribution in [-0.2, 0) is 16.1 Å². The number of halogens is 1. The lowest BCUT2D eigenvalue weighted by molar-refractivity contribution is -0.136. The van der Waals surface area contributed by atoms with Crippen molar-refractivity contribution in [3.63, 3.8) is 0 Å². The fraction of sp³-hybridized carbons (Fsp3) is 0.682. The quantitative estimate of drug-likeness (QED) is 0.646. The number of carbonyl (C=O) groups excluding carboxylic acids is 1. The van der Waals surface area contributed by atoms with Crippen molar-refractivity contribution in [1.82, 2.24) is 10.6 Å². The molecule has 0 saturated carbocycles. The third-order valence-electron chi connectivity index (χ3n) is 5.26. The topological polar surface area (TPSA) is 59.6 Å². The molecular weight excluding hydrogens is 376 g/mol. The van der Waals surface area contributed by atoms with Crippen molar-refractivity contribution in [1.29, 1.82) is 0 Å². The molecule has 1 aliphatic heterocycles. The highest BCUT2D eigenvalue weighted by atomic mass is 35.5. The normalized spacial score (nSPS) is 16.9. The molecule has 5 nitrogen and oxygen atoms in total. The van der Waals surface area contributed by atoms with E-state index in [-0.39, 0.29) is 24.4 Å². The zero-order valence-corrected chi connectivity index (χ0v) is 18.8. The number of carbonyl (C=O) groups is 1. The molecule has 2 N–H and O–H groups in total. The van der Waals surface area contributed by atoms with Gasteiger partial charge in [0.1, 0.15) is 5.75 Å². The summed E-state index contributed by atoms with van der Waals surface area (Å²) in [4.78, 5) is 13.0. The smallest absolute Gasteiger partial charge is 0.228 e. The number of hydrogen-bond acceptors (Lipinski definition) is 4. The molecule has 1 amide bonds. The number of hydrogen-bond donors (Lipinski definition) is 2. The Bertz CT molecular complexity index is 610. The van der Waals surface area contributed by atoms with Crippen LogP contribution in [0.2, 0.25) is 0 Å². The number of aryl methyl sites for hydroxylation is 1. The molecule has 28 heavy (non-hydrogen) atoms. The van der Waals surface area contributed by atoms with E-state index in [2.05, 4.69) is 56.5 Å². The lowest BCUT2D eigenvalue weighted by atomic mass is 9.78. The number of benzene rings is 1. The first-order chi connectivity index (χ1) is 12.9. The molecule has 1 aliphatic rings. The first-order valence-corrected chi connectivity index (χ1v) is 10.1. The van der Waals surface area contributed by atoms with E-state index < -0.39 is 5.41 Å². The molecule has 1 unspecified atom stereocenters. The van der Waals surface area contributed by atoms with E-state index in [0.29, 0.717) is 19.1 Å². The van der Waals surface area contributed by atoms with Crippen LogP contribution in [0.15, 0.2) is 18.2 Å². The Balaban J connectivity index is 0.00000392. The Kier molecular flexibility index (Phi) is 10.3. The number of nitrogens with one attached hydrogen (secondary N) is 2. The second-order valence-electron chi connectivity index (χ2n) is 8.32. The van der Waals surface area contributed by atoms with Crippen LogP contribution in [0.4, 0.5) is 0 Å². The van der Waals surface area contributed by atoms with Crippen LogP contribution in [0.1, 0.15) is 51.2 Å². The average molecular weight is 413 g/mol. The molecule has 0 bridgehead atoms. The Morgan fingerprint density at radius 2 is 1.93 bits per heavy atom. The third kappa shape index (κ3) is 6.94. The molecule has 1 heterocycles. The van der Waals surface area contributed by atoms with Gasteiger partial charge < -0.3 is 20.1 Å². The molecule has 0 radical (unpaired) electrons. The number of piperidine rings is 1. The second-order valence-corrected chi connectivity index (χ2v) is 8.32. The molecular formula is C22H37ClN2O3. The molecule has 160 valence electrons. The van der Waals surface area contributed by atoms with Crippen LogP contribution in [0.25, 0.3) is 0 Å². The minimum absolute atomic E-state index is 0. The predicted octanol–water partition coefficient (Wildman–Crippen LogP) is 3.86. The van der Waals surface area contributed by atoms with Crippen molar-refractivity contribution < 1.29 is 14.3 Å². The summed E-state index contributed by atoms with van der Waals surface area (Å²) in [5, 5.41) is 6.46. The van der Waals surface area contributed by atoms with Gasteiger partial charge in [0.15, 0.2) is 0 Å². The van der Waals surface area contributed by atoms with Gasteiger partial charge in [0.25, 0.3) is 0 Å². The van der Waals surface area contributed by atoms with E-state index >= 15 is 0 Å². The van der Waals surface area contributed by atoms with Gasteiger partial charge in [-0.25, -0.2) is 0 Å². The Morgan fingerprint density at radius 1 is 1.25 bits per heavy atom. The van der Waals surface area contributed by atoms with Gasteiger partial charge in [-0.05, 0) is 63.7 Å². The maximum Gasteiger partial charge on any atom is 0.228 e. The number of rotatable bonds is 9. The molecule has 0 aliphatic carbocycles. The summed E-state index contributed by atoms with van der Waals surface area (Å²) in [6.45, 7) is 11.2. The highest BCUT2D eigenvalue weighted by Crippen LogP contribution is 2.30. The van der Waals surface area contributed by atoms with E-state index in [4.69, 9.17) is 9.47 Å². The SMILES string of the molecule is COCC1(C(=O)NCc2ccc(C)cc2OC(C)CC(C)C)CCNCC1.Cl. The fourth-order valence-corrected chi connectivity index (χ4v) is 3.83. The summed E-state index contributed by atoms with van der Waals surface area (Å²) in [5.41, 5.74) is 1.74. The summed E-state index contributed by atoms with van der Waals surface area (Å²) >= 11 is 0. The van der Waals surface area contributed by atoms with E-state index in [1.54, 1.807) is 7.11 Å². The van der Waals surface area contributed by atoms with Gasteiger partial charge in [-0.2, -0.15) is 0 Å². The van der Waals surface area contributed by atoms with Crippen molar-refractivity contribution in [2.45, 2.75) is 59.6 Å². The average Bonchev–Trinajstić information content (AvgIpc) is 2.61. The minimum Gasteiger partial charge on any atom is -0.490 e. The highest BCUT2D eigenvalue weighted by molar-refractivity contribution is 5.85. The maximum absolute atomic E-state index is 13.0. The summed E-state index contributed by atoms with van der Waals surface area (Å²) in [7, 11) is 1.67. The van der Waals surface area contributed by atoms with Crippen molar-refractivity contribution in [2.24, 2.45) is 11.3 Å². The first-order valence-electron chi connectivity index (χ1n) is 10.1. The lowest BCUT2D eigenvalue weighted by Crippen LogP contribution is -2.50. The first kappa shape index (κ1) is 24.7. The van der Waals surface area contributed by atoms with Crippen molar-refractivity contribution in [3.05, 3.63) is 29.3 Å². The van der Waals surface area contributed by atoms with Gasteiger partial charge >= 0.3 is 0 Å². The van der Waals surface area contributed by atoms with Gasteiger partial charge in [-0.15, -0.1) is 12.4 Å². The Labute approximate surface area is 176 Å². The van der Waals surface area contributed by atoms with Gasteiger partial charge in [-0.1, -0.05) is 26.0 Å². The monoisotopic (exact) mass is 412 g/mol. The van der Waals surface area contributed by atoms with Crippen LogP contribution < -0.4 is 15.4 Å². The van der Waals surface area contributed by atoms with Gasteiger partial charge in [0, 0.05) is 19.2 Å². The largest absolute Gasteiger partial charge is 0.490 e. The Hall–Kier alpha value is -1.30. The molecule has 1 aromatic carbocycles. The molecule has 1 saturated heterocycles. The van der Waals surface area contributed by atoms with Gasteiger partial charge in [0.2, 0.25) is 5.91 Å². The summed E-state index contributed by atoms with van der Waals surface area (Å²) in [5.74, 6) is 1.53. The predicted molar refractivity (Wildman–Crippen MR) is 116 cm³/mol. The molecule has 0 aromatic heterocycles. The molecule has 0 spiro atoms. The van der Waals surface area contributed by atoms with Crippen molar-refractivity contribution in [3.8, 4) is 5.75 Å². The fourth-order valence-electron chi connectivity index (χ4n) is 3.83. The summed E-state index contributed by atoms with van der Waals surface area (Å²) in [6, 6.07) is 6.18. The maximum atomic E-state index is 13.0. The van der Waals surface area contributed by atoms with E-state index in [1.165, 1.54) is 0 Å². The van der Waals surface area contributed by atoms with Crippen LogP contribution >= 0.6 is 12.4 Å². The van der Waals surface area contributed by atoms with Crippen molar-refractivity contribution in [2.75, 3.05) is 26.8 Å². The number of ether oxygens (including phenoxy) is 2. The molecule has 2 rings (SSSR count). The zero-order chi connectivity index (χ0) is 19.9. The Morgan fingerprint density at radius 3 is 2.54 bits per heavy atom. The summed E-state index contributed by atoms with van der Waals surface area (Å²) in [6.07, 6.45) is 2.75. The lowest BCUT2D eigenvalue weighted by Gasteiger charge is -2.35. The van der Waals surface area contributed by atoms with E-state index in [0.717, 1.165) is 49.2 Å². The number of amides is 1. The van der Waals surface area contributed by atoms with Crippen LogP contribution in [0.3, 0.4) is 0 Å². The van der Waals surface area contributed by atoms with Gasteiger partial charge in [-0.3, -0.25) is 4.79 Å². The van der Waals surface area contributed by atoms with E-state index in [9.17, 15) is 4.79 Å².